The summed E-state index contributed by atoms with van der Waals surface area (Å²) in [6.07, 6.45) is 4.97. The number of hydrogen-bond acceptors (Lipinski definition) is 3. The van der Waals surface area contributed by atoms with Gasteiger partial charge in [-0.05, 0) is 63.0 Å². The normalized spacial score (nSPS) is 15.8. The molecule has 3 nitrogen and oxygen atoms in total. The van der Waals surface area contributed by atoms with Crippen LogP contribution in [0.25, 0.3) is 0 Å². The summed E-state index contributed by atoms with van der Waals surface area (Å²) in [5.74, 6) is 0.192. The predicted octanol–water partition coefficient (Wildman–Crippen LogP) is 3.53. The molecule has 0 saturated heterocycles. The lowest BCUT2D eigenvalue weighted by molar-refractivity contribution is 0.0525. The average Bonchev–Trinajstić information content (AvgIpc) is 2.54. The zero-order chi connectivity index (χ0) is 17.5. The number of fused-ring (bicyclic) bond motifs is 1. The molecule has 1 heterocycles. The molecule has 2 rings (SSSR count). The molecule has 0 aliphatic carbocycles. The van der Waals surface area contributed by atoms with E-state index >= 15 is 0 Å². The van der Waals surface area contributed by atoms with E-state index < -0.39 is 0 Å². The number of allylic oxidation sites excluding steroid dienone is 2. The van der Waals surface area contributed by atoms with Gasteiger partial charge in [0.05, 0.1) is 12.2 Å². The van der Waals surface area contributed by atoms with Crippen LogP contribution in [0.4, 0.5) is 0 Å². The summed E-state index contributed by atoms with van der Waals surface area (Å²) < 4.78 is 5.17. The van der Waals surface area contributed by atoms with Gasteiger partial charge in [-0.15, -0.1) is 6.58 Å². The van der Waals surface area contributed by atoms with Crippen LogP contribution in [0.3, 0.4) is 0 Å². The highest BCUT2D eigenvalue weighted by atomic mass is 16.5. The third-order valence-corrected chi connectivity index (χ3v) is 4.47. The van der Waals surface area contributed by atoms with Gasteiger partial charge in [-0.1, -0.05) is 24.3 Å². The van der Waals surface area contributed by atoms with Crippen molar-refractivity contribution in [3.8, 4) is 0 Å². The molecule has 24 heavy (non-hydrogen) atoms. The van der Waals surface area contributed by atoms with Crippen molar-refractivity contribution < 1.29 is 9.53 Å². The molecule has 0 spiro atoms. The summed E-state index contributed by atoms with van der Waals surface area (Å²) in [6.45, 7) is 12.4. The van der Waals surface area contributed by atoms with Crippen LogP contribution >= 0.6 is 0 Å². The van der Waals surface area contributed by atoms with Gasteiger partial charge < -0.3 is 10.1 Å². The van der Waals surface area contributed by atoms with E-state index in [2.05, 4.69) is 31.5 Å². The van der Waals surface area contributed by atoms with Gasteiger partial charge in [-0.3, -0.25) is 0 Å². The number of benzene rings is 1. The van der Waals surface area contributed by atoms with Crippen molar-refractivity contribution in [2.45, 2.75) is 51.8 Å². The maximum absolute atomic E-state index is 12.1. The zero-order valence-electron chi connectivity index (χ0n) is 15.0. The Morgan fingerprint density at radius 2 is 2.17 bits per heavy atom. The van der Waals surface area contributed by atoms with Gasteiger partial charge in [0, 0.05) is 11.6 Å². The van der Waals surface area contributed by atoms with Gasteiger partial charge in [-0.25, -0.2) is 4.79 Å². The number of hydrogen-bond donors (Lipinski definition) is 1. The predicted molar refractivity (Wildman–Crippen MR) is 102 cm³/mol. The van der Waals surface area contributed by atoms with Crippen molar-refractivity contribution in [1.29, 1.82) is 0 Å². The molecule has 4 heteroatoms. The Kier molecular flexibility index (Phi) is 6.71. The summed E-state index contributed by atoms with van der Waals surface area (Å²) in [5, 5.41) is 3.57. The van der Waals surface area contributed by atoms with Gasteiger partial charge in [0.25, 0.3) is 0 Å². The van der Waals surface area contributed by atoms with E-state index in [1.54, 1.807) is 0 Å². The third kappa shape index (κ3) is 5.02. The maximum atomic E-state index is 12.1. The van der Waals surface area contributed by atoms with E-state index in [0.717, 1.165) is 56.1 Å². The lowest BCUT2D eigenvalue weighted by Gasteiger charge is -2.27. The number of rotatable bonds is 8. The van der Waals surface area contributed by atoms with Crippen molar-refractivity contribution in [2.75, 3.05) is 6.61 Å². The minimum atomic E-state index is -0.204. The Balaban J connectivity index is 1.95. The molecule has 1 aromatic carbocycles. The van der Waals surface area contributed by atoms with Crippen LogP contribution in [0.1, 0.15) is 54.6 Å². The highest BCUT2D eigenvalue weighted by Crippen LogP contribution is 2.23. The second-order valence-electron chi connectivity index (χ2n) is 6.66. The Bertz CT molecular complexity index is 624. The Labute approximate surface area is 146 Å². The summed E-state index contributed by atoms with van der Waals surface area (Å²) >= 11 is 0. The molecular formula is C20H28BNO2. The van der Waals surface area contributed by atoms with Crippen LogP contribution in [0, 0.1) is 0 Å². The van der Waals surface area contributed by atoms with Gasteiger partial charge in [0.1, 0.15) is 0 Å². The number of ether oxygens (including phenoxy) is 1. The van der Waals surface area contributed by atoms with Crippen LogP contribution in [0.5, 0.6) is 0 Å². The molecule has 1 atom stereocenters. The highest BCUT2D eigenvalue weighted by molar-refractivity contribution is 6.38. The number of carbonyl (C=O) groups excluding carboxylic acids is 1. The second-order valence-corrected chi connectivity index (χ2v) is 6.66. The van der Waals surface area contributed by atoms with Crippen molar-refractivity contribution in [1.82, 2.24) is 5.32 Å². The van der Waals surface area contributed by atoms with E-state index in [1.807, 2.05) is 19.1 Å². The fourth-order valence-electron chi connectivity index (χ4n) is 3.29. The molecule has 0 saturated carbocycles. The van der Waals surface area contributed by atoms with E-state index in [4.69, 9.17) is 4.74 Å². The summed E-state index contributed by atoms with van der Waals surface area (Å²) in [6, 6.07) is 5.95. The number of esters is 1. The molecule has 1 aromatic rings. The smallest absolute Gasteiger partial charge is 0.338 e. The molecule has 1 aliphatic heterocycles. The monoisotopic (exact) mass is 325 g/mol. The third-order valence-electron chi connectivity index (χ3n) is 4.47. The van der Waals surface area contributed by atoms with E-state index in [1.165, 1.54) is 11.1 Å². The van der Waals surface area contributed by atoms with Crippen molar-refractivity contribution >= 4 is 13.2 Å². The summed E-state index contributed by atoms with van der Waals surface area (Å²) in [7, 11) is 1.02. The van der Waals surface area contributed by atoms with Crippen molar-refractivity contribution in [3.05, 3.63) is 59.3 Å². The van der Waals surface area contributed by atoms with E-state index in [0.29, 0.717) is 12.5 Å². The Morgan fingerprint density at radius 3 is 2.88 bits per heavy atom. The van der Waals surface area contributed by atoms with Crippen molar-refractivity contribution in [3.63, 3.8) is 0 Å². The minimum absolute atomic E-state index is 0.204. The quantitative estimate of drug-likeness (QED) is 0.451. The first-order chi connectivity index (χ1) is 11.5. The lowest BCUT2D eigenvalue weighted by Crippen LogP contribution is -2.40. The molecule has 1 aliphatic rings. The second kappa shape index (κ2) is 8.77. The summed E-state index contributed by atoms with van der Waals surface area (Å²) in [4.78, 5) is 12.1. The topological polar surface area (TPSA) is 38.3 Å². The molecule has 0 bridgehead atoms. The van der Waals surface area contributed by atoms with Gasteiger partial charge in [0.15, 0.2) is 7.28 Å². The number of carbonyl (C=O) groups is 1. The SMILES string of the molecule is C=C(C)CCCC(=C)NC1BCc2c(cccc2C(=O)OCC)C1. The largest absolute Gasteiger partial charge is 0.462 e. The van der Waals surface area contributed by atoms with E-state index in [-0.39, 0.29) is 5.97 Å². The van der Waals surface area contributed by atoms with Gasteiger partial charge >= 0.3 is 5.97 Å². The van der Waals surface area contributed by atoms with Crippen LogP contribution in [-0.4, -0.2) is 25.8 Å². The van der Waals surface area contributed by atoms with Gasteiger partial charge in [0.2, 0.25) is 0 Å². The number of nitrogens with one attached hydrogen (secondary N) is 1. The molecule has 0 aromatic heterocycles. The molecule has 1 N–H and O–H groups in total. The molecule has 0 radical (unpaired) electrons. The van der Waals surface area contributed by atoms with Crippen LogP contribution < -0.4 is 5.32 Å². The minimum Gasteiger partial charge on any atom is -0.462 e. The van der Waals surface area contributed by atoms with Crippen LogP contribution in [0.2, 0.25) is 0 Å². The highest BCUT2D eigenvalue weighted by Gasteiger charge is 2.24. The van der Waals surface area contributed by atoms with E-state index in [9.17, 15) is 4.79 Å². The fraction of sp³-hybridized carbons (Fsp3) is 0.450. The molecule has 0 amide bonds. The van der Waals surface area contributed by atoms with Crippen LogP contribution in [-0.2, 0) is 17.5 Å². The Hall–Kier alpha value is -1.97. The fourth-order valence-corrected chi connectivity index (χ4v) is 3.29. The lowest BCUT2D eigenvalue weighted by atomic mass is 9.57. The first-order valence-electron chi connectivity index (χ1n) is 8.87. The van der Waals surface area contributed by atoms with Gasteiger partial charge in [-0.2, -0.15) is 0 Å². The standard InChI is InChI=1S/C20H28BNO2/c1-5-24-20(23)17-11-7-10-16-12-19(21-13-18(16)17)22-15(4)9-6-8-14(2)3/h7,10-11,19,21-22H,2,4-6,8-9,12-13H2,1,3H3. The van der Waals surface area contributed by atoms with Crippen LogP contribution in [0.15, 0.2) is 42.6 Å². The average molecular weight is 325 g/mol. The first kappa shape index (κ1) is 18.4. The molecule has 128 valence electrons. The summed E-state index contributed by atoms with van der Waals surface area (Å²) in [5.41, 5.74) is 5.46. The van der Waals surface area contributed by atoms with Crippen molar-refractivity contribution in [2.24, 2.45) is 0 Å². The maximum Gasteiger partial charge on any atom is 0.338 e. The molecule has 1 unspecified atom stereocenters. The first-order valence-corrected chi connectivity index (χ1v) is 8.87. The molecular weight excluding hydrogens is 297 g/mol. The molecule has 0 fully saturated rings. The Morgan fingerprint density at radius 1 is 1.38 bits per heavy atom. The zero-order valence-corrected chi connectivity index (χ0v) is 15.0.